The van der Waals surface area contributed by atoms with E-state index in [0.29, 0.717) is 21.4 Å². The molecule has 2 aromatic heterocycles. The van der Waals surface area contributed by atoms with Crippen LogP contribution in [0.2, 0.25) is 0 Å². The molecule has 2 aromatic carbocycles. The SMILES string of the molecule is Cc1nc(-c2ncn[nH]2)sc1C(=O)OC(c1ccccc1)c1ccccc1. The minimum Gasteiger partial charge on any atom is -0.448 e. The number of hydrogen-bond donors (Lipinski definition) is 1. The van der Waals surface area contributed by atoms with Gasteiger partial charge in [-0.1, -0.05) is 60.7 Å². The molecule has 0 saturated carbocycles. The van der Waals surface area contributed by atoms with E-state index in [9.17, 15) is 4.79 Å². The molecule has 0 atom stereocenters. The van der Waals surface area contributed by atoms with Gasteiger partial charge in [0.25, 0.3) is 0 Å². The fraction of sp³-hybridized carbons (Fsp3) is 0.100. The highest BCUT2D eigenvalue weighted by molar-refractivity contribution is 7.16. The van der Waals surface area contributed by atoms with Gasteiger partial charge in [0.05, 0.1) is 5.69 Å². The molecule has 27 heavy (non-hydrogen) atoms. The van der Waals surface area contributed by atoms with Crippen molar-refractivity contribution in [1.82, 2.24) is 20.2 Å². The Bertz CT molecular complexity index is 991. The van der Waals surface area contributed by atoms with Gasteiger partial charge in [-0.3, -0.25) is 5.10 Å². The number of hydrogen-bond acceptors (Lipinski definition) is 6. The summed E-state index contributed by atoms with van der Waals surface area (Å²) in [5.74, 6) is 0.123. The first-order valence-electron chi connectivity index (χ1n) is 8.36. The molecule has 0 unspecified atom stereocenters. The summed E-state index contributed by atoms with van der Waals surface area (Å²) < 4.78 is 5.91. The number of aryl methyl sites for hydroxylation is 1. The molecule has 4 rings (SSSR count). The Kier molecular flexibility index (Phi) is 4.76. The molecule has 0 aliphatic rings. The number of aromatic amines is 1. The summed E-state index contributed by atoms with van der Waals surface area (Å²) in [5.41, 5.74) is 2.43. The fourth-order valence-electron chi connectivity index (χ4n) is 2.74. The molecule has 0 amide bonds. The Morgan fingerprint density at radius 3 is 2.22 bits per heavy atom. The first kappa shape index (κ1) is 17.1. The highest BCUT2D eigenvalue weighted by atomic mass is 32.1. The van der Waals surface area contributed by atoms with Crippen molar-refractivity contribution in [2.45, 2.75) is 13.0 Å². The maximum absolute atomic E-state index is 12.9. The van der Waals surface area contributed by atoms with E-state index < -0.39 is 12.1 Å². The van der Waals surface area contributed by atoms with Crippen molar-refractivity contribution in [3.8, 4) is 10.8 Å². The van der Waals surface area contributed by atoms with Gasteiger partial charge in [-0.2, -0.15) is 5.10 Å². The molecule has 4 aromatic rings. The second-order valence-electron chi connectivity index (χ2n) is 5.87. The summed E-state index contributed by atoms with van der Waals surface area (Å²) in [6.45, 7) is 1.78. The van der Waals surface area contributed by atoms with Gasteiger partial charge in [0, 0.05) is 0 Å². The third-order valence-corrected chi connectivity index (χ3v) is 5.17. The van der Waals surface area contributed by atoms with Gasteiger partial charge in [-0.15, -0.1) is 11.3 Å². The number of ether oxygens (including phenoxy) is 1. The summed E-state index contributed by atoms with van der Waals surface area (Å²) in [6.07, 6.45) is 0.917. The Labute approximate surface area is 159 Å². The third-order valence-electron chi connectivity index (χ3n) is 4.03. The van der Waals surface area contributed by atoms with Crippen LogP contribution in [0.1, 0.15) is 32.6 Å². The van der Waals surface area contributed by atoms with E-state index in [0.717, 1.165) is 11.1 Å². The van der Waals surface area contributed by atoms with Crippen LogP contribution in [0.5, 0.6) is 0 Å². The van der Waals surface area contributed by atoms with E-state index in [2.05, 4.69) is 20.2 Å². The zero-order chi connectivity index (χ0) is 18.6. The van der Waals surface area contributed by atoms with E-state index >= 15 is 0 Å². The molecular weight excluding hydrogens is 360 g/mol. The molecule has 1 N–H and O–H groups in total. The van der Waals surface area contributed by atoms with Crippen molar-refractivity contribution in [3.63, 3.8) is 0 Å². The van der Waals surface area contributed by atoms with Crippen LogP contribution in [-0.2, 0) is 4.74 Å². The summed E-state index contributed by atoms with van der Waals surface area (Å²) in [4.78, 5) is 21.9. The molecule has 0 aliphatic heterocycles. The smallest absolute Gasteiger partial charge is 0.351 e. The molecule has 2 heterocycles. The fourth-order valence-corrected chi connectivity index (χ4v) is 3.64. The third kappa shape index (κ3) is 3.63. The molecule has 0 spiro atoms. The van der Waals surface area contributed by atoms with E-state index in [1.54, 1.807) is 6.92 Å². The minimum atomic E-state index is -0.491. The number of nitrogens with zero attached hydrogens (tertiary/aromatic N) is 3. The maximum atomic E-state index is 12.9. The Balaban J connectivity index is 1.65. The first-order valence-corrected chi connectivity index (χ1v) is 9.18. The van der Waals surface area contributed by atoms with Crippen molar-refractivity contribution in [3.05, 3.63) is 88.7 Å². The van der Waals surface area contributed by atoms with Gasteiger partial charge in [0.15, 0.2) is 16.9 Å². The molecule has 7 heteroatoms. The molecule has 134 valence electrons. The van der Waals surface area contributed by atoms with Gasteiger partial charge in [-0.05, 0) is 18.1 Å². The lowest BCUT2D eigenvalue weighted by Crippen LogP contribution is -2.13. The van der Waals surface area contributed by atoms with Crippen molar-refractivity contribution in [2.24, 2.45) is 0 Å². The average molecular weight is 376 g/mol. The van der Waals surface area contributed by atoms with Gasteiger partial charge < -0.3 is 4.74 Å². The van der Waals surface area contributed by atoms with Crippen LogP contribution in [0.4, 0.5) is 0 Å². The zero-order valence-electron chi connectivity index (χ0n) is 14.5. The lowest BCUT2D eigenvalue weighted by Gasteiger charge is -2.18. The highest BCUT2D eigenvalue weighted by Gasteiger charge is 2.24. The van der Waals surface area contributed by atoms with Gasteiger partial charge in [-0.25, -0.2) is 14.8 Å². The number of aromatic nitrogens is 4. The highest BCUT2D eigenvalue weighted by Crippen LogP contribution is 2.30. The van der Waals surface area contributed by atoms with Crippen LogP contribution in [0.25, 0.3) is 10.8 Å². The summed E-state index contributed by atoms with van der Waals surface area (Å²) in [7, 11) is 0. The van der Waals surface area contributed by atoms with E-state index in [4.69, 9.17) is 4.74 Å². The Morgan fingerprint density at radius 2 is 1.67 bits per heavy atom. The van der Waals surface area contributed by atoms with Crippen molar-refractivity contribution >= 4 is 17.3 Å². The second-order valence-corrected chi connectivity index (χ2v) is 6.87. The van der Waals surface area contributed by atoms with Crippen molar-refractivity contribution in [2.75, 3.05) is 0 Å². The van der Waals surface area contributed by atoms with Crippen LogP contribution in [0.15, 0.2) is 67.0 Å². The summed E-state index contributed by atoms with van der Waals surface area (Å²) >= 11 is 1.24. The molecule has 0 fully saturated rings. The average Bonchev–Trinajstić information content (AvgIpc) is 3.37. The number of benzene rings is 2. The number of rotatable bonds is 5. The van der Waals surface area contributed by atoms with Crippen LogP contribution in [-0.4, -0.2) is 26.1 Å². The van der Waals surface area contributed by atoms with Gasteiger partial charge in [0.1, 0.15) is 11.2 Å². The molecule has 0 aliphatic carbocycles. The van der Waals surface area contributed by atoms with E-state index in [1.807, 2.05) is 60.7 Å². The van der Waals surface area contributed by atoms with Crippen molar-refractivity contribution in [1.29, 1.82) is 0 Å². The lowest BCUT2D eigenvalue weighted by atomic mass is 10.0. The molecular formula is C20H16N4O2S. The van der Waals surface area contributed by atoms with Gasteiger partial charge >= 0.3 is 5.97 Å². The topological polar surface area (TPSA) is 80.8 Å². The maximum Gasteiger partial charge on any atom is 0.351 e. The number of nitrogens with one attached hydrogen (secondary N) is 1. The monoisotopic (exact) mass is 376 g/mol. The van der Waals surface area contributed by atoms with Crippen LogP contribution < -0.4 is 0 Å². The molecule has 0 bridgehead atoms. The van der Waals surface area contributed by atoms with Gasteiger partial charge in [0.2, 0.25) is 0 Å². The van der Waals surface area contributed by atoms with Crippen LogP contribution in [0.3, 0.4) is 0 Å². The minimum absolute atomic E-state index is 0.409. The number of carbonyl (C=O) groups is 1. The second kappa shape index (κ2) is 7.51. The molecule has 6 nitrogen and oxygen atoms in total. The van der Waals surface area contributed by atoms with E-state index in [1.165, 1.54) is 17.7 Å². The molecule has 0 radical (unpaired) electrons. The lowest BCUT2D eigenvalue weighted by molar-refractivity contribution is 0.0383. The van der Waals surface area contributed by atoms with Crippen LogP contribution in [0, 0.1) is 6.92 Å². The largest absolute Gasteiger partial charge is 0.448 e. The summed E-state index contributed by atoms with van der Waals surface area (Å²) in [5, 5.41) is 7.19. The standard InChI is InChI=1S/C20H16N4O2S/c1-13-17(27-19(23-13)18-21-12-22-24-18)20(25)26-16(14-8-4-2-5-9-14)15-10-6-3-7-11-15/h2-12,16H,1H3,(H,21,22,24). The molecule has 0 saturated heterocycles. The van der Waals surface area contributed by atoms with Crippen molar-refractivity contribution < 1.29 is 9.53 Å². The summed E-state index contributed by atoms with van der Waals surface area (Å²) in [6, 6.07) is 19.4. The normalized spacial score (nSPS) is 10.9. The number of carbonyl (C=O) groups excluding carboxylic acids is 1. The van der Waals surface area contributed by atoms with Crippen LogP contribution >= 0.6 is 11.3 Å². The predicted octanol–water partition coefficient (Wildman–Crippen LogP) is 4.18. The van der Waals surface area contributed by atoms with E-state index in [-0.39, 0.29) is 0 Å². The number of H-pyrrole nitrogens is 1. The Hall–Kier alpha value is -3.32. The predicted molar refractivity (Wildman–Crippen MR) is 102 cm³/mol. The number of esters is 1. The Morgan fingerprint density at radius 1 is 1.04 bits per heavy atom. The first-order chi connectivity index (χ1) is 13.2. The quantitative estimate of drug-likeness (QED) is 0.529. The zero-order valence-corrected chi connectivity index (χ0v) is 15.3. The number of thiazole rings is 1.